The summed E-state index contributed by atoms with van der Waals surface area (Å²) < 4.78 is 18.0. The first-order valence-corrected chi connectivity index (χ1v) is 18.1. The fourth-order valence-electron chi connectivity index (χ4n) is 9.68. The number of benzene rings is 2. The molecule has 0 bridgehead atoms. The maximum atomic E-state index is 13.6. The molecule has 2 saturated carbocycles. The Morgan fingerprint density at radius 2 is 1.63 bits per heavy atom. The van der Waals surface area contributed by atoms with Crippen LogP contribution in [-0.2, 0) is 18.8 Å². The predicted octanol–water partition coefficient (Wildman–Crippen LogP) is 6.70. The van der Waals surface area contributed by atoms with E-state index >= 15 is 0 Å². The molecule has 8 rings (SSSR count). The van der Waals surface area contributed by atoms with E-state index in [-0.39, 0.29) is 36.2 Å². The molecule has 2 aromatic carbocycles. The van der Waals surface area contributed by atoms with E-state index in [0.29, 0.717) is 23.8 Å². The first-order chi connectivity index (χ1) is 23.2. The van der Waals surface area contributed by atoms with Gasteiger partial charge in [0, 0.05) is 6.54 Å². The number of nitrogens with one attached hydrogen (secondary N) is 2. The third kappa shape index (κ3) is 4.91. The topological polar surface area (TPSA) is 106 Å². The molecule has 258 valence electrons. The van der Waals surface area contributed by atoms with Gasteiger partial charge in [-0.2, -0.15) is 0 Å². The van der Waals surface area contributed by atoms with Crippen molar-refractivity contribution in [2.45, 2.75) is 109 Å². The summed E-state index contributed by atoms with van der Waals surface area (Å²) in [7, 11) is 0.963. The Balaban J connectivity index is 1.05. The van der Waals surface area contributed by atoms with Crippen molar-refractivity contribution in [1.29, 1.82) is 0 Å². The van der Waals surface area contributed by atoms with Crippen molar-refractivity contribution in [2.75, 3.05) is 13.7 Å². The first-order valence-electron chi connectivity index (χ1n) is 18.1. The monoisotopic (exact) mass is 664 g/mol. The molecular formula is C39H49BN4O5. The zero-order valence-electron chi connectivity index (χ0n) is 30.1. The van der Waals surface area contributed by atoms with Gasteiger partial charge < -0.3 is 29.2 Å². The van der Waals surface area contributed by atoms with Crippen LogP contribution >= 0.6 is 0 Å². The molecular weight excluding hydrogens is 615 g/mol. The van der Waals surface area contributed by atoms with Crippen molar-refractivity contribution in [2.24, 2.45) is 17.3 Å². The number of hydrogen-bond acceptors (Lipinski definition) is 6. The van der Waals surface area contributed by atoms with E-state index in [0.717, 1.165) is 35.8 Å². The number of methoxy groups -OCH3 is 1. The van der Waals surface area contributed by atoms with Crippen LogP contribution in [0.2, 0.25) is 0 Å². The number of amides is 2. The summed E-state index contributed by atoms with van der Waals surface area (Å²) in [6, 6.07) is 12.5. The second kappa shape index (κ2) is 11.2. The van der Waals surface area contributed by atoms with Crippen LogP contribution in [0.4, 0.5) is 4.79 Å². The van der Waals surface area contributed by atoms with Gasteiger partial charge in [-0.25, -0.2) is 9.78 Å². The predicted molar refractivity (Wildman–Crippen MR) is 189 cm³/mol. The van der Waals surface area contributed by atoms with Crippen molar-refractivity contribution < 1.29 is 23.6 Å². The standard InChI is InChI=1S/C39H49BN4O5/c1-21(2)33(43-36(46)47-8)35(45)44-17-9-10-29(44)34-41-20-28(42-34)23-13-11-22(12-14-23)24-15-16-27(40-48-37(3,4)38(5,6)49-40)31-26-19-39(7)18-25(30(24)31)32(26)39/h11-16,20-21,25-26,29,32-33H,9-10,17-19H2,1-8H3,(H,41,42)(H,43,46). The molecule has 6 atom stereocenters. The van der Waals surface area contributed by atoms with Crippen molar-refractivity contribution in [1.82, 2.24) is 20.2 Å². The number of carbonyl (C=O) groups is 2. The number of alkyl carbamates (subject to hydrolysis) is 1. The van der Waals surface area contributed by atoms with E-state index in [1.165, 1.54) is 47.7 Å². The summed E-state index contributed by atoms with van der Waals surface area (Å²) in [6.07, 6.45) is 5.47. The van der Waals surface area contributed by atoms with Gasteiger partial charge in [0.25, 0.3) is 0 Å². The third-order valence-corrected chi connectivity index (χ3v) is 13.0. The first kappa shape index (κ1) is 32.6. The van der Waals surface area contributed by atoms with E-state index in [1.807, 2.05) is 24.9 Å². The zero-order chi connectivity index (χ0) is 34.6. The highest BCUT2D eigenvalue weighted by molar-refractivity contribution is 6.62. The van der Waals surface area contributed by atoms with Crippen LogP contribution in [0.5, 0.6) is 0 Å². The molecule has 1 aromatic heterocycles. The van der Waals surface area contributed by atoms with Crippen LogP contribution in [0, 0.1) is 17.3 Å². The van der Waals surface area contributed by atoms with Gasteiger partial charge in [-0.1, -0.05) is 57.2 Å². The fourth-order valence-corrected chi connectivity index (χ4v) is 9.68. The minimum atomic E-state index is -0.661. The Hall–Kier alpha value is -3.63. The zero-order valence-corrected chi connectivity index (χ0v) is 30.1. The van der Waals surface area contributed by atoms with E-state index in [4.69, 9.17) is 19.0 Å². The van der Waals surface area contributed by atoms with Gasteiger partial charge in [-0.3, -0.25) is 4.79 Å². The Morgan fingerprint density at radius 3 is 2.27 bits per heavy atom. The summed E-state index contributed by atoms with van der Waals surface area (Å²) in [5, 5.41) is 2.72. The lowest BCUT2D eigenvalue weighted by Gasteiger charge is -2.62. The lowest BCUT2D eigenvalue weighted by atomic mass is 9.41. The van der Waals surface area contributed by atoms with Crippen LogP contribution in [0.25, 0.3) is 22.4 Å². The number of hydrogen-bond donors (Lipinski definition) is 2. The summed E-state index contributed by atoms with van der Waals surface area (Å²) in [5.41, 5.74) is 8.46. The summed E-state index contributed by atoms with van der Waals surface area (Å²) >= 11 is 0. The number of aromatic nitrogens is 2. The Kier molecular flexibility index (Phi) is 7.44. The molecule has 3 aromatic rings. The van der Waals surface area contributed by atoms with E-state index in [1.54, 1.807) is 0 Å². The van der Waals surface area contributed by atoms with Crippen LogP contribution in [0.3, 0.4) is 0 Å². The maximum Gasteiger partial charge on any atom is 0.495 e. The molecule has 6 unspecified atom stereocenters. The molecule has 5 aliphatic rings. The van der Waals surface area contributed by atoms with Crippen molar-refractivity contribution in [3.8, 4) is 22.4 Å². The molecule has 4 fully saturated rings. The summed E-state index contributed by atoms with van der Waals surface area (Å²) in [6.45, 7) is 15.5. The highest BCUT2D eigenvalue weighted by Crippen LogP contribution is 2.78. The van der Waals surface area contributed by atoms with Gasteiger partial charge in [0.05, 0.1) is 36.2 Å². The van der Waals surface area contributed by atoms with Gasteiger partial charge in [0.15, 0.2) is 0 Å². The number of imidazole rings is 1. The second-order valence-corrected chi connectivity index (χ2v) is 16.7. The number of fused-ring (bicyclic) bond motifs is 3. The molecule has 10 heteroatoms. The van der Waals surface area contributed by atoms with E-state index < -0.39 is 12.1 Å². The van der Waals surface area contributed by atoms with Gasteiger partial charge in [0.1, 0.15) is 11.9 Å². The van der Waals surface area contributed by atoms with Crippen LogP contribution in [0.1, 0.15) is 109 Å². The largest absolute Gasteiger partial charge is 0.495 e. The molecule has 3 aliphatic carbocycles. The van der Waals surface area contributed by atoms with Gasteiger partial charge in [-0.05, 0) is 116 Å². The second-order valence-electron chi connectivity index (χ2n) is 16.7. The average molecular weight is 665 g/mol. The normalized spacial score (nSPS) is 29.2. The van der Waals surface area contributed by atoms with Crippen LogP contribution in [-0.4, -0.2) is 64.9 Å². The van der Waals surface area contributed by atoms with E-state index in [9.17, 15) is 9.59 Å². The molecule has 3 heterocycles. The molecule has 49 heavy (non-hydrogen) atoms. The fraction of sp³-hybridized carbons (Fsp3) is 0.564. The molecule has 0 radical (unpaired) electrons. The van der Waals surface area contributed by atoms with E-state index in [2.05, 4.69) is 81.3 Å². The SMILES string of the molecule is COC(=O)NC(C(=O)N1CCCC1c1ncc(-c2ccc(-c3ccc(B4OC(C)(C)C(C)(C)O4)c4c3C3CC5(C)CC4C35)cc2)[nH]1)C(C)C. The minimum absolute atomic E-state index is 0.0800. The highest BCUT2D eigenvalue weighted by atomic mass is 16.7. The van der Waals surface area contributed by atoms with Gasteiger partial charge >= 0.3 is 13.2 Å². The summed E-state index contributed by atoms with van der Waals surface area (Å²) in [5.74, 6) is 2.49. The summed E-state index contributed by atoms with van der Waals surface area (Å²) in [4.78, 5) is 35.7. The number of ether oxygens (including phenoxy) is 1. The minimum Gasteiger partial charge on any atom is -0.453 e. The Bertz CT molecular complexity index is 1800. The Labute approximate surface area is 290 Å². The van der Waals surface area contributed by atoms with Crippen LogP contribution in [0.15, 0.2) is 42.6 Å². The molecule has 2 aliphatic heterocycles. The molecule has 2 N–H and O–H groups in total. The van der Waals surface area contributed by atoms with Crippen molar-refractivity contribution >= 4 is 24.6 Å². The number of carbonyl (C=O) groups excluding carboxylic acids is 2. The quantitative estimate of drug-likeness (QED) is 0.273. The average Bonchev–Trinajstić information content (AvgIpc) is 3.80. The molecule has 0 spiro atoms. The van der Waals surface area contributed by atoms with Gasteiger partial charge in [0.2, 0.25) is 5.91 Å². The van der Waals surface area contributed by atoms with Gasteiger partial charge in [-0.15, -0.1) is 0 Å². The number of aromatic amines is 1. The van der Waals surface area contributed by atoms with Crippen LogP contribution < -0.4 is 10.8 Å². The smallest absolute Gasteiger partial charge is 0.453 e. The highest BCUT2D eigenvalue weighted by Gasteiger charge is 2.68. The lowest BCUT2D eigenvalue weighted by Crippen LogP contribution is -2.53. The number of H-pyrrole nitrogens is 1. The van der Waals surface area contributed by atoms with Crippen molar-refractivity contribution in [3.05, 3.63) is 59.5 Å². The maximum absolute atomic E-state index is 13.6. The lowest BCUT2D eigenvalue weighted by molar-refractivity contribution is -0.135. The number of likely N-dealkylation sites (tertiary alicyclic amines) is 1. The molecule has 2 saturated heterocycles. The molecule has 9 nitrogen and oxygen atoms in total. The number of rotatable bonds is 7. The number of nitrogens with zero attached hydrogens (tertiary/aromatic N) is 2. The molecule has 2 amide bonds. The van der Waals surface area contributed by atoms with Crippen molar-refractivity contribution in [3.63, 3.8) is 0 Å². The third-order valence-electron chi connectivity index (χ3n) is 13.0. The Morgan fingerprint density at radius 1 is 0.980 bits per heavy atom.